The Morgan fingerprint density at radius 1 is 1.23 bits per heavy atom. The van der Waals surface area contributed by atoms with E-state index in [2.05, 4.69) is 15.2 Å². The van der Waals surface area contributed by atoms with Crippen molar-refractivity contribution in [2.24, 2.45) is 0 Å². The minimum atomic E-state index is -4.38. The number of benzene rings is 1. The van der Waals surface area contributed by atoms with Gasteiger partial charge in [0.2, 0.25) is 5.92 Å². The van der Waals surface area contributed by atoms with Crippen molar-refractivity contribution in [2.45, 2.75) is 81.5 Å². The zero-order chi connectivity index (χ0) is 31.0. The number of rotatable bonds is 10. The third kappa shape index (κ3) is 6.82. The van der Waals surface area contributed by atoms with Crippen LogP contribution in [0.4, 0.5) is 14.6 Å². The molecule has 0 radical (unpaired) electrons. The maximum Gasteiger partial charge on any atom is 0.459 e. The monoisotopic (exact) mass is 625 g/mol. The Balaban J connectivity index is 1.30. The summed E-state index contributed by atoms with van der Waals surface area (Å²) in [5.74, 6) is -3.25. The summed E-state index contributed by atoms with van der Waals surface area (Å²) < 4.78 is 65.3. The summed E-state index contributed by atoms with van der Waals surface area (Å²) in [4.78, 5) is 16.7. The molecule has 5 rings (SSSR count). The number of esters is 1. The van der Waals surface area contributed by atoms with Gasteiger partial charge < -0.3 is 29.9 Å². The summed E-state index contributed by atoms with van der Waals surface area (Å²) >= 11 is 0. The van der Waals surface area contributed by atoms with Crippen LogP contribution in [0.3, 0.4) is 0 Å². The van der Waals surface area contributed by atoms with Crippen molar-refractivity contribution in [3.63, 3.8) is 0 Å². The standard InChI is InChI=1S/C27H34F2N5O8P/c1-16(25(37)40-17-10-12-27(28,29)13-11-17)33-43(38,42-18-6-4-3-5-7-18)39-14-26(2)23(36)21(35)22(41-26)19-8-9-20-24(30)31-15-32-34(19)20/h3-9,15-17,21-23,35-36H,10-14H2,1-2H3,(H,33,38)(H2,30,31,32)/t16-,21-,22-,23-,26+,43-/m0/s1. The predicted molar refractivity (Wildman–Crippen MR) is 148 cm³/mol. The van der Waals surface area contributed by atoms with Gasteiger partial charge in [-0.1, -0.05) is 18.2 Å². The largest absolute Gasteiger partial charge is 0.461 e. The van der Waals surface area contributed by atoms with Crippen molar-refractivity contribution in [2.75, 3.05) is 12.3 Å². The molecule has 13 nitrogen and oxygen atoms in total. The molecule has 1 aliphatic carbocycles. The van der Waals surface area contributed by atoms with Crippen LogP contribution in [0.1, 0.15) is 51.3 Å². The highest BCUT2D eigenvalue weighted by Crippen LogP contribution is 2.48. The minimum Gasteiger partial charge on any atom is -0.461 e. The molecule has 1 saturated heterocycles. The van der Waals surface area contributed by atoms with Crippen LogP contribution in [0.2, 0.25) is 0 Å². The summed E-state index contributed by atoms with van der Waals surface area (Å²) in [5, 5.41) is 28.6. The second kappa shape index (κ2) is 12.1. The van der Waals surface area contributed by atoms with E-state index in [1.165, 1.54) is 36.8 Å². The van der Waals surface area contributed by atoms with Gasteiger partial charge in [0.05, 0.1) is 12.3 Å². The fourth-order valence-corrected chi connectivity index (χ4v) is 6.70. The number of carbonyl (C=O) groups excluding carboxylic acids is 1. The maximum atomic E-state index is 14.0. The van der Waals surface area contributed by atoms with Gasteiger partial charge in [-0.15, -0.1) is 0 Å². The molecule has 1 aromatic carbocycles. The van der Waals surface area contributed by atoms with Crippen molar-refractivity contribution < 1.29 is 46.9 Å². The third-order valence-electron chi connectivity index (χ3n) is 7.60. The number of fused-ring (bicyclic) bond motifs is 1. The molecular weight excluding hydrogens is 591 g/mol. The van der Waals surface area contributed by atoms with Crippen molar-refractivity contribution in [3.8, 4) is 5.75 Å². The van der Waals surface area contributed by atoms with Crippen LogP contribution >= 0.6 is 7.75 Å². The van der Waals surface area contributed by atoms with Crippen LogP contribution in [-0.4, -0.2) is 73.3 Å². The highest BCUT2D eigenvalue weighted by molar-refractivity contribution is 7.52. The molecule has 5 N–H and O–H groups in total. The second-order valence-electron chi connectivity index (χ2n) is 11.0. The van der Waals surface area contributed by atoms with Crippen LogP contribution in [0.5, 0.6) is 5.75 Å². The molecule has 0 bridgehead atoms. The van der Waals surface area contributed by atoms with Gasteiger partial charge >= 0.3 is 13.7 Å². The molecule has 2 fully saturated rings. The number of nitrogen functional groups attached to an aromatic ring is 1. The number of nitrogens with zero attached hydrogens (tertiary/aromatic N) is 3. The van der Waals surface area contributed by atoms with Crippen molar-refractivity contribution in [3.05, 3.63) is 54.5 Å². The van der Waals surface area contributed by atoms with Crippen LogP contribution in [-0.2, 0) is 23.4 Å². The highest BCUT2D eigenvalue weighted by atomic mass is 31.2. The van der Waals surface area contributed by atoms with E-state index in [0.29, 0.717) is 11.2 Å². The van der Waals surface area contributed by atoms with Gasteiger partial charge in [0.15, 0.2) is 5.82 Å². The number of nitrogens with two attached hydrogens (primary N) is 1. The smallest absolute Gasteiger partial charge is 0.459 e. The first-order valence-electron chi connectivity index (χ1n) is 13.8. The molecule has 3 heterocycles. The van der Waals surface area contributed by atoms with Gasteiger partial charge in [-0.05, 0) is 51.0 Å². The first-order chi connectivity index (χ1) is 20.3. The van der Waals surface area contributed by atoms with Crippen LogP contribution in [0.25, 0.3) is 5.52 Å². The predicted octanol–water partition coefficient (Wildman–Crippen LogP) is 3.17. The number of carbonyl (C=O) groups is 1. The molecule has 2 aromatic heterocycles. The Morgan fingerprint density at radius 3 is 2.63 bits per heavy atom. The first-order valence-corrected chi connectivity index (χ1v) is 15.3. The molecule has 16 heteroatoms. The van der Waals surface area contributed by atoms with Crippen LogP contribution < -0.4 is 15.3 Å². The molecule has 3 aromatic rings. The molecule has 43 heavy (non-hydrogen) atoms. The number of hydrogen-bond donors (Lipinski definition) is 4. The molecular formula is C27H34F2N5O8P. The molecule has 1 aliphatic heterocycles. The van der Waals surface area contributed by atoms with Gasteiger partial charge in [-0.3, -0.25) is 9.32 Å². The summed E-state index contributed by atoms with van der Waals surface area (Å²) in [6.45, 7) is 2.29. The van der Waals surface area contributed by atoms with Gasteiger partial charge in [-0.2, -0.15) is 10.2 Å². The van der Waals surface area contributed by atoms with E-state index in [9.17, 15) is 28.4 Å². The van der Waals surface area contributed by atoms with Gasteiger partial charge in [-0.25, -0.2) is 22.8 Å². The number of aromatic nitrogens is 3. The summed E-state index contributed by atoms with van der Waals surface area (Å²) in [6, 6.07) is 10.1. The molecule has 2 aliphatic rings. The number of alkyl halides is 2. The number of aliphatic hydroxyl groups excluding tert-OH is 2. The number of aliphatic hydroxyl groups is 2. The number of anilines is 1. The lowest BCUT2D eigenvalue weighted by atomic mass is 9.94. The van der Waals surface area contributed by atoms with Gasteiger partial charge in [0, 0.05) is 12.8 Å². The second-order valence-corrected chi connectivity index (χ2v) is 12.7. The van der Waals surface area contributed by atoms with Crippen LogP contribution in [0, 0.1) is 0 Å². The molecule has 1 saturated carbocycles. The topological polar surface area (TPSA) is 180 Å². The lowest BCUT2D eigenvalue weighted by Gasteiger charge is -2.31. The molecule has 0 unspecified atom stereocenters. The number of halogens is 2. The number of ether oxygens (including phenoxy) is 2. The van der Waals surface area contributed by atoms with E-state index in [1.807, 2.05) is 0 Å². The molecule has 234 valence electrons. The average molecular weight is 626 g/mol. The average Bonchev–Trinajstić information content (AvgIpc) is 3.49. The molecule has 0 amide bonds. The Hall–Kier alpha value is -3.20. The summed E-state index contributed by atoms with van der Waals surface area (Å²) in [6.07, 6.45) is -4.22. The SMILES string of the molecule is C[C@H](N[P@](=O)(OC[C@@]1(C)O[C@@H](c2ccc3c(N)ncnn23)[C@H](O)[C@@H]1O)Oc1ccccc1)C(=O)OC1CCC(F)(F)CC1. The Labute approximate surface area is 245 Å². The number of nitrogens with one attached hydrogen (secondary N) is 1. The van der Waals surface area contributed by atoms with E-state index in [0.717, 1.165) is 0 Å². The van der Waals surface area contributed by atoms with E-state index < -0.39 is 75.1 Å². The maximum absolute atomic E-state index is 14.0. The quantitative estimate of drug-likeness (QED) is 0.191. The van der Waals surface area contributed by atoms with Gasteiger partial charge in [0.25, 0.3) is 0 Å². The van der Waals surface area contributed by atoms with E-state index in [1.54, 1.807) is 30.3 Å². The van der Waals surface area contributed by atoms with E-state index in [-0.39, 0.29) is 24.4 Å². The molecule has 6 atom stereocenters. The Morgan fingerprint density at radius 2 is 1.93 bits per heavy atom. The zero-order valence-electron chi connectivity index (χ0n) is 23.5. The Bertz CT molecular complexity index is 1490. The normalized spacial score (nSPS) is 27.9. The lowest BCUT2D eigenvalue weighted by Crippen LogP contribution is -2.45. The lowest BCUT2D eigenvalue weighted by molar-refractivity contribution is -0.157. The fourth-order valence-electron chi connectivity index (χ4n) is 5.11. The Kier molecular flexibility index (Phi) is 8.76. The van der Waals surface area contributed by atoms with E-state index >= 15 is 0 Å². The van der Waals surface area contributed by atoms with Crippen molar-refractivity contribution >= 4 is 25.1 Å². The summed E-state index contributed by atoms with van der Waals surface area (Å²) in [5.41, 5.74) is 5.17. The third-order valence-corrected chi connectivity index (χ3v) is 9.22. The van der Waals surface area contributed by atoms with Crippen molar-refractivity contribution in [1.82, 2.24) is 19.7 Å². The highest BCUT2D eigenvalue weighted by Gasteiger charge is 2.54. The van der Waals surface area contributed by atoms with Gasteiger partial charge in [0.1, 0.15) is 53.7 Å². The van der Waals surface area contributed by atoms with E-state index in [4.69, 9.17) is 24.3 Å². The van der Waals surface area contributed by atoms with Crippen molar-refractivity contribution in [1.29, 1.82) is 0 Å². The summed E-state index contributed by atoms with van der Waals surface area (Å²) in [7, 11) is -4.38. The minimum absolute atomic E-state index is 0.00674. The van der Waals surface area contributed by atoms with Crippen LogP contribution in [0.15, 0.2) is 48.8 Å². The molecule has 0 spiro atoms. The first kappa shape index (κ1) is 31.2. The fraction of sp³-hybridized carbons (Fsp3) is 0.519. The number of para-hydroxylation sites is 1. The zero-order valence-corrected chi connectivity index (χ0v) is 24.4. The number of hydrogen-bond acceptors (Lipinski definition) is 11.